The van der Waals surface area contributed by atoms with E-state index in [4.69, 9.17) is 4.74 Å². The molecule has 0 saturated heterocycles. The Morgan fingerprint density at radius 3 is 2.19 bits per heavy atom. The Kier molecular flexibility index (Phi) is 5.45. The minimum absolute atomic E-state index is 0.0973. The normalized spacial score (nSPS) is 13.7. The van der Waals surface area contributed by atoms with E-state index in [9.17, 15) is 19.2 Å². The van der Waals surface area contributed by atoms with Crippen LogP contribution in [0.2, 0.25) is 0 Å². The Morgan fingerprint density at radius 1 is 0.812 bits per heavy atom. The van der Waals surface area contributed by atoms with Gasteiger partial charge in [0, 0.05) is 5.56 Å². The molecule has 0 aliphatic carbocycles. The number of rotatable bonds is 5. The van der Waals surface area contributed by atoms with Crippen molar-refractivity contribution in [3.63, 3.8) is 0 Å². The molecule has 0 fully saturated rings. The van der Waals surface area contributed by atoms with Crippen molar-refractivity contribution in [1.82, 2.24) is 0 Å². The van der Waals surface area contributed by atoms with Gasteiger partial charge in [0.25, 0.3) is 11.8 Å². The Labute approximate surface area is 185 Å². The first-order chi connectivity index (χ1) is 15.3. The van der Waals surface area contributed by atoms with Crippen LogP contribution in [0.15, 0.2) is 66.7 Å². The monoisotopic (exact) mass is 427 g/mol. The average Bonchev–Trinajstić information content (AvgIpc) is 3.03. The van der Waals surface area contributed by atoms with Gasteiger partial charge in [-0.1, -0.05) is 48.0 Å². The molecule has 160 valence electrons. The fourth-order valence-electron chi connectivity index (χ4n) is 3.76. The van der Waals surface area contributed by atoms with E-state index in [1.165, 1.54) is 25.1 Å². The Balaban J connectivity index is 1.57. The van der Waals surface area contributed by atoms with Gasteiger partial charge in [0.1, 0.15) is 0 Å². The van der Waals surface area contributed by atoms with Crippen LogP contribution in [0.5, 0.6) is 0 Å². The van der Waals surface area contributed by atoms with Crippen LogP contribution in [0.25, 0.3) is 0 Å². The fourth-order valence-corrected chi connectivity index (χ4v) is 3.76. The van der Waals surface area contributed by atoms with Crippen molar-refractivity contribution in [3.8, 4) is 0 Å². The number of fused-ring (bicyclic) bond motifs is 1. The number of Topliss-reactive ketones (excluding diaryl/α,β-unsaturated/α-hetero) is 1. The molecule has 1 heterocycles. The maximum absolute atomic E-state index is 13.0. The summed E-state index contributed by atoms with van der Waals surface area (Å²) in [5, 5.41) is 0. The van der Waals surface area contributed by atoms with Gasteiger partial charge in [-0.15, -0.1) is 0 Å². The first kappa shape index (κ1) is 21.2. The second-order valence-electron chi connectivity index (χ2n) is 7.77. The first-order valence-corrected chi connectivity index (χ1v) is 10.2. The highest BCUT2D eigenvalue weighted by Gasteiger charge is 2.38. The lowest BCUT2D eigenvalue weighted by Gasteiger charge is -2.16. The van der Waals surface area contributed by atoms with Crippen LogP contribution in [-0.4, -0.2) is 29.7 Å². The van der Waals surface area contributed by atoms with E-state index in [1.807, 2.05) is 26.0 Å². The molecular weight excluding hydrogens is 406 g/mol. The molecule has 1 aliphatic rings. The van der Waals surface area contributed by atoms with Crippen molar-refractivity contribution in [2.45, 2.75) is 26.9 Å². The van der Waals surface area contributed by atoms with Gasteiger partial charge in [-0.25, -0.2) is 9.69 Å². The summed E-state index contributed by atoms with van der Waals surface area (Å²) >= 11 is 0. The molecule has 1 unspecified atom stereocenters. The summed E-state index contributed by atoms with van der Waals surface area (Å²) in [4.78, 5) is 52.2. The second-order valence-corrected chi connectivity index (χ2v) is 7.77. The van der Waals surface area contributed by atoms with Gasteiger partial charge in [-0.3, -0.25) is 14.4 Å². The molecular formula is C26H21NO5. The van der Waals surface area contributed by atoms with Crippen molar-refractivity contribution in [2.24, 2.45) is 0 Å². The average molecular weight is 427 g/mol. The number of nitrogens with zero attached hydrogens (tertiary/aromatic N) is 1. The van der Waals surface area contributed by atoms with Crippen LogP contribution in [0.3, 0.4) is 0 Å². The summed E-state index contributed by atoms with van der Waals surface area (Å²) in [5.41, 5.74) is 3.21. The number of ether oxygens (including phenoxy) is 1. The molecule has 0 N–H and O–H groups in total. The molecule has 4 rings (SSSR count). The predicted octanol–water partition coefficient (Wildman–Crippen LogP) is 4.53. The number of ketones is 1. The molecule has 32 heavy (non-hydrogen) atoms. The van der Waals surface area contributed by atoms with Gasteiger partial charge >= 0.3 is 5.97 Å². The van der Waals surface area contributed by atoms with Crippen LogP contribution in [0, 0.1) is 13.8 Å². The fraction of sp³-hybridized carbons (Fsp3) is 0.154. The molecule has 6 heteroatoms. The zero-order chi connectivity index (χ0) is 23.0. The van der Waals surface area contributed by atoms with E-state index in [2.05, 4.69) is 0 Å². The predicted molar refractivity (Wildman–Crippen MR) is 119 cm³/mol. The molecule has 0 bridgehead atoms. The summed E-state index contributed by atoms with van der Waals surface area (Å²) in [6.45, 7) is 5.26. The Morgan fingerprint density at radius 2 is 1.50 bits per heavy atom. The number of benzene rings is 3. The summed E-state index contributed by atoms with van der Waals surface area (Å²) in [6, 6.07) is 18.2. The quantitative estimate of drug-likeness (QED) is 0.339. The third kappa shape index (κ3) is 3.71. The molecule has 3 aromatic carbocycles. The molecule has 0 saturated carbocycles. The number of esters is 1. The van der Waals surface area contributed by atoms with E-state index in [0.29, 0.717) is 11.3 Å². The number of aryl methyl sites for hydroxylation is 2. The molecule has 2 amide bonds. The molecule has 1 atom stereocenters. The standard InChI is InChI=1S/C26H21NO5/c1-15-9-12-22(16(2)13-15)27-24(29)20-11-10-19(14-21(20)25(27)30)26(31)32-17(3)23(28)18-7-5-4-6-8-18/h4-14,17H,1-3H3. The zero-order valence-electron chi connectivity index (χ0n) is 17.9. The summed E-state index contributed by atoms with van der Waals surface area (Å²) < 4.78 is 5.32. The van der Waals surface area contributed by atoms with E-state index >= 15 is 0 Å². The SMILES string of the molecule is Cc1ccc(N2C(=O)c3ccc(C(=O)OC(C)C(=O)c4ccccc4)cc3C2=O)c(C)c1. The minimum Gasteiger partial charge on any atom is -0.451 e. The van der Waals surface area contributed by atoms with Gasteiger partial charge in [-0.05, 0) is 50.6 Å². The number of anilines is 1. The summed E-state index contributed by atoms with van der Waals surface area (Å²) in [6.07, 6.45) is -0.998. The van der Waals surface area contributed by atoms with Crippen LogP contribution < -0.4 is 4.90 Å². The van der Waals surface area contributed by atoms with Crippen LogP contribution in [0.1, 0.15) is 59.5 Å². The van der Waals surface area contributed by atoms with Crippen molar-refractivity contribution in [2.75, 3.05) is 4.90 Å². The number of hydrogen-bond acceptors (Lipinski definition) is 5. The topological polar surface area (TPSA) is 80.8 Å². The van der Waals surface area contributed by atoms with Gasteiger partial charge in [0.05, 0.1) is 22.4 Å². The van der Waals surface area contributed by atoms with Gasteiger partial charge in [0.15, 0.2) is 6.10 Å². The van der Waals surface area contributed by atoms with Crippen LogP contribution >= 0.6 is 0 Å². The molecule has 6 nitrogen and oxygen atoms in total. The summed E-state index contributed by atoms with van der Waals surface area (Å²) in [5.74, 6) is -2.01. The number of imide groups is 1. The van der Waals surface area contributed by atoms with Crippen molar-refractivity contribution < 1.29 is 23.9 Å². The lowest BCUT2D eigenvalue weighted by Crippen LogP contribution is -2.30. The summed E-state index contributed by atoms with van der Waals surface area (Å²) in [7, 11) is 0. The second kappa shape index (κ2) is 8.23. The van der Waals surface area contributed by atoms with Crippen molar-refractivity contribution in [3.05, 3.63) is 100 Å². The Bertz CT molecular complexity index is 1260. The third-order valence-corrected chi connectivity index (χ3v) is 5.43. The third-order valence-electron chi connectivity index (χ3n) is 5.43. The minimum atomic E-state index is -0.998. The van der Waals surface area contributed by atoms with Crippen molar-refractivity contribution in [1.29, 1.82) is 0 Å². The van der Waals surface area contributed by atoms with E-state index in [0.717, 1.165) is 16.0 Å². The lowest BCUT2D eigenvalue weighted by molar-refractivity contribution is 0.0318. The van der Waals surface area contributed by atoms with Gasteiger partial charge in [-0.2, -0.15) is 0 Å². The largest absolute Gasteiger partial charge is 0.451 e. The maximum atomic E-state index is 13.0. The van der Waals surface area contributed by atoms with Crippen molar-refractivity contribution >= 4 is 29.3 Å². The number of amides is 2. The van der Waals surface area contributed by atoms with Gasteiger partial charge < -0.3 is 4.74 Å². The molecule has 0 aromatic heterocycles. The maximum Gasteiger partial charge on any atom is 0.338 e. The highest BCUT2D eigenvalue weighted by atomic mass is 16.5. The van der Waals surface area contributed by atoms with E-state index < -0.39 is 23.9 Å². The zero-order valence-corrected chi connectivity index (χ0v) is 17.9. The van der Waals surface area contributed by atoms with Crippen LogP contribution in [-0.2, 0) is 4.74 Å². The molecule has 3 aromatic rings. The number of carbonyl (C=O) groups excluding carboxylic acids is 4. The molecule has 0 radical (unpaired) electrons. The van der Waals surface area contributed by atoms with E-state index in [1.54, 1.807) is 36.4 Å². The highest BCUT2D eigenvalue weighted by molar-refractivity contribution is 6.35. The molecule has 1 aliphatic heterocycles. The lowest BCUT2D eigenvalue weighted by atomic mass is 10.1. The number of carbonyl (C=O) groups is 4. The molecule has 0 spiro atoms. The highest BCUT2D eigenvalue weighted by Crippen LogP contribution is 2.31. The smallest absolute Gasteiger partial charge is 0.338 e. The van der Waals surface area contributed by atoms with E-state index in [-0.39, 0.29) is 22.5 Å². The first-order valence-electron chi connectivity index (χ1n) is 10.2. The Hall–Kier alpha value is -4.06. The number of hydrogen-bond donors (Lipinski definition) is 0. The van der Waals surface area contributed by atoms with Crippen LogP contribution in [0.4, 0.5) is 5.69 Å². The van der Waals surface area contributed by atoms with Gasteiger partial charge in [0.2, 0.25) is 5.78 Å².